The van der Waals surface area contributed by atoms with Crippen molar-refractivity contribution in [3.8, 4) is 0 Å². The first-order chi connectivity index (χ1) is 13.4. The topological polar surface area (TPSA) is 137 Å². The maximum atomic E-state index is 11.1. The molecule has 0 unspecified atom stereocenters. The van der Waals surface area contributed by atoms with Gasteiger partial charge in [0.05, 0.1) is 18.8 Å². The van der Waals surface area contributed by atoms with Crippen molar-refractivity contribution in [2.24, 2.45) is 0 Å². The molecule has 4 rings (SSSR count). The van der Waals surface area contributed by atoms with Gasteiger partial charge in [0, 0.05) is 19.6 Å². The first-order valence-corrected chi connectivity index (χ1v) is 9.97. The number of benzene rings is 1. The Morgan fingerprint density at radius 1 is 1.21 bits per heavy atom. The number of sulfonamides is 1. The van der Waals surface area contributed by atoms with Crippen molar-refractivity contribution in [2.75, 3.05) is 32.8 Å². The number of carbonyl (C=O) groups is 1. The summed E-state index contributed by atoms with van der Waals surface area (Å²) in [6, 6.07) is 6.09. The quantitative estimate of drug-likeness (QED) is 0.560. The third-order valence-electron chi connectivity index (χ3n) is 4.29. The molecule has 1 fully saturated rings. The van der Waals surface area contributed by atoms with Crippen LogP contribution in [0.3, 0.4) is 0 Å². The van der Waals surface area contributed by atoms with Crippen LogP contribution < -0.4 is 4.72 Å². The van der Waals surface area contributed by atoms with Crippen LogP contribution in [0.2, 0.25) is 0 Å². The van der Waals surface area contributed by atoms with Gasteiger partial charge < -0.3 is 14.9 Å². The third-order valence-corrected chi connectivity index (χ3v) is 5.68. The molecule has 2 aliphatic heterocycles. The van der Waals surface area contributed by atoms with E-state index in [4.69, 9.17) is 4.74 Å². The lowest BCUT2D eigenvalue weighted by molar-refractivity contribution is -0.392. The highest BCUT2D eigenvalue weighted by molar-refractivity contribution is 7.90. The molecule has 1 N–H and O–H groups in total. The van der Waals surface area contributed by atoms with Crippen LogP contribution >= 0.6 is 0 Å². The Morgan fingerprint density at radius 3 is 2.61 bits per heavy atom. The molecule has 0 spiro atoms. The molecule has 150 valence electrons. The van der Waals surface area contributed by atoms with Crippen molar-refractivity contribution in [2.45, 2.75) is 11.4 Å². The molecule has 1 amide bonds. The summed E-state index contributed by atoms with van der Waals surface area (Å²) in [6.07, 6.45) is 2.78. The van der Waals surface area contributed by atoms with Crippen molar-refractivity contribution >= 4 is 21.7 Å². The van der Waals surface area contributed by atoms with Gasteiger partial charge in [-0.2, -0.15) is 0 Å². The van der Waals surface area contributed by atoms with Gasteiger partial charge in [-0.05, 0) is 17.1 Å². The number of nitrogens with zero attached hydrogens (tertiary/aromatic N) is 4. The standard InChI is InChI=1S/C9H14N4O3.C7H5NO3S/c14-13(15)9-7-10-8-12(9)2-1-11-3-5-16-6-4-11;9-7-5-3-1-2-4-6(5)12(10,11)8-7/h7-8H,1-6H2;1-4H,(H,8,9). The van der Waals surface area contributed by atoms with Crippen LogP contribution in [0.25, 0.3) is 0 Å². The SMILES string of the molecule is O=C1NS(=O)(=O)c2ccccc21.O=[N+]([O-])c1cncn1CCN1CCOCC1. The largest absolute Gasteiger partial charge is 0.379 e. The molecule has 0 bridgehead atoms. The number of rotatable bonds is 4. The van der Waals surface area contributed by atoms with Gasteiger partial charge >= 0.3 is 5.82 Å². The highest BCUT2D eigenvalue weighted by atomic mass is 32.2. The number of hydrogen-bond acceptors (Lipinski definition) is 8. The average Bonchev–Trinajstić information content (AvgIpc) is 3.24. The summed E-state index contributed by atoms with van der Waals surface area (Å²) in [7, 11) is -3.55. The Balaban J connectivity index is 0.000000167. The van der Waals surface area contributed by atoms with E-state index in [2.05, 4.69) is 9.88 Å². The number of nitro groups is 1. The monoisotopic (exact) mass is 409 g/mol. The summed E-state index contributed by atoms with van der Waals surface area (Å²) in [5.74, 6) is -0.501. The fourth-order valence-corrected chi connectivity index (χ4v) is 4.00. The summed E-state index contributed by atoms with van der Waals surface area (Å²) in [6.45, 7) is 4.65. The van der Waals surface area contributed by atoms with Gasteiger partial charge in [0.25, 0.3) is 15.9 Å². The minimum atomic E-state index is -3.55. The summed E-state index contributed by atoms with van der Waals surface area (Å²) >= 11 is 0. The number of ether oxygens (including phenoxy) is 1. The molecule has 11 nitrogen and oxygen atoms in total. The van der Waals surface area contributed by atoms with Gasteiger partial charge in [-0.3, -0.25) is 9.69 Å². The number of nitrogens with one attached hydrogen (secondary N) is 1. The molecule has 1 saturated heterocycles. The lowest BCUT2D eigenvalue weighted by atomic mass is 10.2. The molecule has 12 heteroatoms. The zero-order chi connectivity index (χ0) is 20.1. The zero-order valence-corrected chi connectivity index (χ0v) is 15.7. The van der Waals surface area contributed by atoms with Crippen molar-refractivity contribution in [3.63, 3.8) is 0 Å². The molecule has 0 aliphatic carbocycles. The van der Waals surface area contributed by atoms with Crippen LogP contribution in [0.15, 0.2) is 41.7 Å². The highest BCUT2D eigenvalue weighted by Gasteiger charge is 2.31. The van der Waals surface area contributed by atoms with Gasteiger partial charge in [0.1, 0.15) is 17.6 Å². The van der Waals surface area contributed by atoms with Gasteiger partial charge in [-0.1, -0.05) is 12.1 Å². The summed E-state index contributed by atoms with van der Waals surface area (Å²) < 4.78 is 30.9. The smallest absolute Gasteiger partial charge is 0.342 e. The van der Waals surface area contributed by atoms with Gasteiger partial charge in [0.15, 0.2) is 6.33 Å². The number of morpholine rings is 1. The van der Waals surface area contributed by atoms with Crippen molar-refractivity contribution < 1.29 is 22.9 Å². The van der Waals surface area contributed by atoms with Gasteiger partial charge in [-0.15, -0.1) is 0 Å². The van der Waals surface area contributed by atoms with Crippen molar-refractivity contribution in [1.29, 1.82) is 0 Å². The average molecular weight is 409 g/mol. The molecular weight excluding hydrogens is 390 g/mol. The molecule has 0 radical (unpaired) electrons. The molecule has 3 heterocycles. The van der Waals surface area contributed by atoms with Crippen LogP contribution in [0.1, 0.15) is 10.4 Å². The maximum Gasteiger partial charge on any atom is 0.342 e. The van der Waals surface area contributed by atoms with E-state index in [1.807, 2.05) is 4.72 Å². The first-order valence-electron chi connectivity index (χ1n) is 8.49. The Morgan fingerprint density at radius 2 is 1.93 bits per heavy atom. The number of fused-ring (bicyclic) bond motifs is 1. The minimum Gasteiger partial charge on any atom is -0.379 e. The molecule has 0 atom stereocenters. The molecular formula is C16H19N5O6S. The Labute approximate surface area is 161 Å². The zero-order valence-electron chi connectivity index (χ0n) is 14.9. The predicted octanol–water partition coefficient (Wildman–Crippen LogP) is 0.242. The minimum absolute atomic E-state index is 0.0493. The van der Waals surface area contributed by atoms with E-state index >= 15 is 0 Å². The van der Waals surface area contributed by atoms with E-state index in [0.29, 0.717) is 6.54 Å². The molecule has 28 heavy (non-hydrogen) atoms. The van der Waals surface area contributed by atoms with Crippen molar-refractivity contribution in [1.82, 2.24) is 19.2 Å². The fraction of sp³-hybridized carbons (Fsp3) is 0.375. The third kappa shape index (κ3) is 4.52. The van der Waals surface area contributed by atoms with E-state index in [9.17, 15) is 23.3 Å². The van der Waals surface area contributed by atoms with E-state index in [0.717, 1.165) is 32.8 Å². The number of imidazole rings is 1. The van der Waals surface area contributed by atoms with E-state index < -0.39 is 20.9 Å². The van der Waals surface area contributed by atoms with Crippen LogP contribution in [0.5, 0.6) is 0 Å². The lowest BCUT2D eigenvalue weighted by Gasteiger charge is -2.25. The van der Waals surface area contributed by atoms with Gasteiger partial charge in [-0.25, -0.2) is 22.7 Å². The fourth-order valence-electron chi connectivity index (χ4n) is 2.83. The van der Waals surface area contributed by atoms with Gasteiger partial charge in [0.2, 0.25) is 0 Å². The Bertz CT molecular complexity index is 967. The predicted molar refractivity (Wildman–Crippen MR) is 97.2 cm³/mol. The first kappa shape index (κ1) is 19.9. The van der Waals surface area contributed by atoms with E-state index in [1.54, 1.807) is 16.7 Å². The second-order valence-electron chi connectivity index (χ2n) is 6.09. The van der Waals surface area contributed by atoms with Crippen LogP contribution in [0, 0.1) is 10.1 Å². The normalized spacial score (nSPS) is 17.9. The number of hydrogen-bond donors (Lipinski definition) is 1. The Hall–Kier alpha value is -2.83. The van der Waals surface area contributed by atoms with E-state index in [-0.39, 0.29) is 16.3 Å². The summed E-state index contributed by atoms with van der Waals surface area (Å²) in [5.41, 5.74) is 0.220. The highest BCUT2D eigenvalue weighted by Crippen LogP contribution is 2.20. The number of carbonyl (C=O) groups excluding carboxylic acids is 1. The van der Waals surface area contributed by atoms with Crippen LogP contribution in [-0.2, 0) is 21.3 Å². The summed E-state index contributed by atoms with van der Waals surface area (Å²) in [4.78, 5) is 27.3. The molecule has 0 saturated carbocycles. The molecule has 1 aromatic carbocycles. The van der Waals surface area contributed by atoms with Crippen LogP contribution in [-0.4, -0.2) is 66.5 Å². The Kier molecular flexibility index (Phi) is 6.02. The second-order valence-corrected chi connectivity index (χ2v) is 7.74. The molecule has 1 aromatic heterocycles. The van der Waals surface area contributed by atoms with E-state index in [1.165, 1.54) is 24.7 Å². The lowest BCUT2D eigenvalue weighted by Crippen LogP contribution is -2.38. The second kappa shape index (κ2) is 8.46. The molecule has 2 aliphatic rings. The number of amides is 1. The number of aromatic nitrogens is 2. The molecule has 2 aromatic rings. The van der Waals surface area contributed by atoms with Crippen LogP contribution in [0.4, 0.5) is 5.82 Å². The summed E-state index contributed by atoms with van der Waals surface area (Å²) in [5, 5.41) is 10.6. The maximum absolute atomic E-state index is 11.1. The van der Waals surface area contributed by atoms with Crippen molar-refractivity contribution in [3.05, 3.63) is 52.5 Å².